The SMILES string of the molecule is CCOc1ncccc1C1(NCc2ccc(N3CCN(C)CC3)cc2)C(=O)N(S(=O)(=O)c2ccc(OC)cc2OC)c2ccc(I)cc21. The van der Waals surface area contributed by atoms with E-state index in [-0.39, 0.29) is 28.8 Å². The number of rotatable bonds is 11. The molecule has 0 bridgehead atoms. The van der Waals surface area contributed by atoms with Crippen molar-refractivity contribution in [2.24, 2.45) is 0 Å². The minimum atomic E-state index is -4.50. The Morgan fingerprint density at radius 3 is 2.38 bits per heavy atom. The summed E-state index contributed by atoms with van der Waals surface area (Å²) in [6.07, 6.45) is 1.59. The van der Waals surface area contributed by atoms with Crippen LogP contribution in [0.25, 0.3) is 0 Å². The fraction of sp³-hybridized carbons (Fsp3) is 0.314. The summed E-state index contributed by atoms with van der Waals surface area (Å²) in [4.78, 5) is 24.1. The van der Waals surface area contributed by atoms with Gasteiger partial charge in [0.1, 0.15) is 16.4 Å². The van der Waals surface area contributed by atoms with Crippen LogP contribution in [0.5, 0.6) is 17.4 Å². The molecule has 4 aromatic rings. The Bertz CT molecular complexity index is 1920. The van der Waals surface area contributed by atoms with E-state index in [1.54, 1.807) is 30.5 Å². The first-order valence-corrected chi connectivity index (χ1v) is 18.1. The van der Waals surface area contributed by atoms with Crippen molar-refractivity contribution < 1.29 is 27.4 Å². The molecule has 1 fully saturated rings. The highest BCUT2D eigenvalue weighted by molar-refractivity contribution is 14.1. The summed E-state index contributed by atoms with van der Waals surface area (Å²) in [6.45, 7) is 6.28. The Morgan fingerprint density at radius 2 is 1.69 bits per heavy atom. The maximum Gasteiger partial charge on any atom is 0.274 e. The number of nitrogens with zero attached hydrogens (tertiary/aromatic N) is 4. The van der Waals surface area contributed by atoms with E-state index in [0.717, 1.165) is 45.3 Å². The topological polar surface area (TPSA) is 114 Å². The van der Waals surface area contributed by atoms with Crippen molar-refractivity contribution >= 4 is 49.9 Å². The van der Waals surface area contributed by atoms with Gasteiger partial charge in [-0.2, -0.15) is 0 Å². The minimum absolute atomic E-state index is 0.0523. The van der Waals surface area contributed by atoms with E-state index in [9.17, 15) is 8.42 Å². The summed E-state index contributed by atoms with van der Waals surface area (Å²) in [6, 6.07) is 21.4. The molecule has 11 nitrogen and oxygen atoms in total. The van der Waals surface area contributed by atoms with Gasteiger partial charge in [-0.1, -0.05) is 12.1 Å². The lowest BCUT2D eigenvalue weighted by molar-refractivity contribution is -0.121. The van der Waals surface area contributed by atoms with E-state index in [0.29, 0.717) is 23.5 Å². The number of piperazine rings is 1. The van der Waals surface area contributed by atoms with E-state index < -0.39 is 21.5 Å². The average molecular weight is 784 g/mol. The predicted molar refractivity (Wildman–Crippen MR) is 193 cm³/mol. The number of amides is 1. The molecule has 3 aromatic carbocycles. The number of methoxy groups -OCH3 is 2. The van der Waals surface area contributed by atoms with Crippen LogP contribution in [0.15, 0.2) is 83.9 Å². The number of hydrogen-bond donors (Lipinski definition) is 1. The largest absolute Gasteiger partial charge is 0.497 e. The number of carbonyl (C=O) groups is 1. The summed E-state index contributed by atoms with van der Waals surface area (Å²) in [5.74, 6) is -0.00546. The van der Waals surface area contributed by atoms with E-state index in [4.69, 9.17) is 14.2 Å². The average Bonchev–Trinajstić information content (AvgIpc) is 3.35. The molecule has 3 heterocycles. The molecule has 1 unspecified atom stereocenters. The maximum absolute atomic E-state index is 15.1. The number of benzene rings is 3. The molecule has 2 aliphatic rings. The van der Waals surface area contributed by atoms with Gasteiger partial charge in [-0.3, -0.25) is 10.1 Å². The predicted octanol–water partition coefficient (Wildman–Crippen LogP) is 4.62. The molecule has 0 spiro atoms. The number of aromatic nitrogens is 1. The van der Waals surface area contributed by atoms with Crippen molar-refractivity contribution in [3.63, 3.8) is 0 Å². The zero-order valence-electron chi connectivity index (χ0n) is 27.3. The van der Waals surface area contributed by atoms with Crippen molar-refractivity contribution in [3.05, 3.63) is 99.3 Å². The number of hydrogen-bond acceptors (Lipinski definition) is 10. The van der Waals surface area contributed by atoms with Crippen molar-refractivity contribution in [3.8, 4) is 17.4 Å². The number of carbonyl (C=O) groups excluding carboxylic acids is 1. The molecule has 48 heavy (non-hydrogen) atoms. The summed E-state index contributed by atoms with van der Waals surface area (Å²) in [5, 5.41) is 3.51. The molecular weight excluding hydrogens is 745 g/mol. The quantitative estimate of drug-likeness (QED) is 0.217. The summed E-state index contributed by atoms with van der Waals surface area (Å²) >= 11 is 2.17. The Balaban J connectivity index is 1.47. The highest BCUT2D eigenvalue weighted by atomic mass is 127. The third kappa shape index (κ3) is 6.08. The molecule has 1 amide bonds. The molecule has 0 aliphatic carbocycles. The van der Waals surface area contributed by atoms with Crippen LogP contribution in [-0.2, 0) is 26.9 Å². The summed E-state index contributed by atoms with van der Waals surface area (Å²) in [7, 11) is 0.486. The second-order valence-electron chi connectivity index (χ2n) is 11.6. The number of nitrogens with one attached hydrogen (secondary N) is 1. The van der Waals surface area contributed by atoms with Crippen molar-refractivity contribution in [2.75, 3.05) is 63.3 Å². The van der Waals surface area contributed by atoms with Crippen molar-refractivity contribution in [1.82, 2.24) is 15.2 Å². The molecule has 1 aromatic heterocycles. The highest BCUT2D eigenvalue weighted by Gasteiger charge is 2.57. The van der Waals surface area contributed by atoms with Crippen LogP contribution >= 0.6 is 22.6 Å². The molecule has 0 saturated carbocycles. The first-order chi connectivity index (χ1) is 23.1. The van der Waals surface area contributed by atoms with Gasteiger partial charge in [0.15, 0.2) is 5.54 Å². The molecule has 13 heteroatoms. The first-order valence-electron chi connectivity index (χ1n) is 15.6. The van der Waals surface area contributed by atoms with Gasteiger partial charge in [-0.05, 0) is 96.7 Å². The Kier molecular flexibility index (Phi) is 9.83. The number of sulfonamides is 1. The zero-order valence-corrected chi connectivity index (χ0v) is 30.2. The van der Waals surface area contributed by atoms with Crippen LogP contribution in [-0.4, -0.2) is 78.3 Å². The van der Waals surface area contributed by atoms with Crippen molar-refractivity contribution in [2.45, 2.75) is 23.9 Å². The molecule has 1 N–H and O–H groups in total. The fourth-order valence-corrected chi connectivity index (χ4v) is 8.36. The van der Waals surface area contributed by atoms with Crippen LogP contribution < -0.4 is 28.7 Å². The van der Waals surface area contributed by atoms with Gasteiger partial charge in [0.25, 0.3) is 15.9 Å². The third-order valence-electron chi connectivity index (χ3n) is 8.79. The van der Waals surface area contributed by atoms with Crippen LogP contribution in [0.1, 0.15) is 23.6 Å². The van der Waals surface area contributed by atoms with Gasteiger partial charge in [-0.25, -0.2) is 17.7 Å². The Labute approximate surface area is 295 Å². The normalized spacial score (nSPS) is 18.1. The third-order valence-corrected chi connectivity index (χ3v) is 11.2. The first kappa shape index (κ1) is 34.0. The molecule has 2 aliphatic heterocycles. The number of fused-ring (bicyclic) bond motifs is 1. The standard InChI is InChI=1S/C35H38IN5O6S/c1-5-47-33-28(7-6-16-37-33)35(38-23-24-8-11-26(12-9-24)40-19-17-39(2)18-20-40)29-21-25(36)10-14-30(29)41(34(35)42)48(43,44)32-15-13-27(45-3)22-31(32)46-4/h6-16,21-22,38H,5,17-20,23H2,1-4H3. The molecule has 252 valence electrons. The molecule has 6 rings (SSSR count). The number of anilines is 2. The minimum Gasteiger partial charge on any atom is -0.497 e. The molecule has 0 radical (unpaired) electrons. The maximum atomic E-state index is 15.1. The molecule has 1 saturated heterocycles. The highest BCUT2D eigenvalue weighted by Crippen LogP contribution is 2.50. The van der Waals surface area contributed by atoms with E-state index in [2.05, 4.69) is 61.9 Å². The number of ether oxygens (including phenoxy) is 3. The Morgan fingerprint density at radius 1 is 0.938 bits per heavy atom. The van der Waals surface area contributed by atoms with Gasteiger partial charge >= 0.3 is 0 Å². The van der Waals surface area contributed by atoms with Crippen LogP contribution in [0.2, 0.25) is 0 Å². The van der Waals surface area contributed by atoms with Gasteiger partial charge in [0.2, 0.25) is 5.88 Å². The molecular formula is C35H38IN5O6S. The summed E-state index contributed by atoms with van der Waals surface area (Å²) < 4.78 is 47.6. The van der Waals surface area contributed by atoms with E-state index in [1.807, 2.05) is 25.1 Å². The second-order valence-corrected chi connectivity index (χ2v) is 14.6. The number of pyridine rings is 1. The van der Waals surface area contributed by atoms with Crippen LogP contribution in [0.3, 0.4) is 0 Å². The Hall–Kier alpha value is -3.92. The second kappa shape index (κ2) is 13.9. The lowest BCUT2D eigenvalue weighted by Crippen LogP contribution is -2.52. The zero-order chi connectivity index (χ0) is 34.1. The molecule has 1 atom stereocenters. The van der Waals surface area contributed by atoms with Gasteiger partial charge in [-0.15, -0.1) is 0 Å². The van der Waals surface area contributed by atoms with Crippen molar-refractivity contribution in [1.29, 1.82) is 0 Å². The van der Waals surface area contributed by atoms with Crippen LogP contribution in [0.4, 0.5) is 11.4 Å². The van der Waals surface area contributed by atoms with Gasteiger partial charge in [0, 0.05) is 65.4 Å². The fourth-order valence-electron chi connectivity index (χ4n) is 6.27. The summed E-state index contributed by atoms with van der Waals surface area (Å²) in [5.41, 5.74) is 1.50. The van der Waals surface area contributed by atoms with E-state index >= 15 is 4.79 Å². The number of likely N-dealkylation sites (N-methyl/N-ethyl adjacent to an activating group) is 1. The lowest BCUT2D eigenvalue weighted by atomic mass is 9.84. The van der Waals surface area contributed by atoms with Gasteiger partial charge < -0.3 is 24.0 Å². The number of halogens is 1. The van der Waals surface area contributed by atoms with E-state index in [1.165, 1.54) is 32.4 Å². The monoisotopic (exact) mass is 783 g/mol. The lowest BCUT2D eigenvalue weighted by Gasteiger charge is -2.34. The van der Waals surface area contributed by atoms with Crippen LogP contribution in [0, 0.1) is 3.57 Å². The smallest absolute Gasteiger partial charge is 0.274 e. The van der Waals surface area contributed by atoms with Gasteiger partial charge in [0.05, 0.1) is 26.5 Å².